The molecule has 0 radical (unpaired) electrons. The number of thiophene rings is 1. The van der Waals surface area contributed by atoms with Gasteiger partial charge in [-0.15, -0.1) is 11.3 Å². The van der Waals surface area contributed by atoms with Crippen LogP contribution in [-0.4, -0.2) is 30.1 Å². The highest BCUT2D eigenvalue weighted by atomic mass is 32.1. The van der Waals surface area contributed by atoms with Crippen LogP contribution in [0.3, 0.4) is 0 Å². The van der Waals surface area contributed by atoms with E-state index in [0.29, 0.717) is 10.6 Å². The molecular weight excluding hydrogens is 266 g/mol. The Kier molecular flexibility index (Phi) is 4.94. The van der Waals surface area contributed by atoms with Gasteiger partial charge in [-0.1, -0.05) is 20.8 Å². The van der Waals surface area contributed by atoms with Crippen molar-refractivity contribution in [3.63, 3.8) is 0 Å². The summed E-state index contributed by atoms with van der Waals surface area (Å²) < 4.78 is 5.02. The van der Waals surface area contributed by atoms with Crippen LogP contribution in [0.4, 0.5) is 0 Å². The molecule has 0 saturated carbocycles. The standard InChI is InChI=1S/C13H19NO4S/c1-13(2,3)10(6-11(15)16)14-12(17)9-5-8(18-4)7-19-9/h5,7,10H,6H2,1-4H3,(H,14,17)(H,15,16). The monoisotopic (exact) mass is 285 g/mol. The van der Waals surface area contributed by atoms with Gasteiger partial charge in [-0.25, -0.2) is 0 Å². The molecule has 0 bridgehead atoms. The zero-order chi connectivity index (χ0) is 14.6. The maximum Gasteiger partial charge on any atom is 0.305 e. The van der Waals surface area contributed by atoms with Crippen LogP contribution in [0, 0.1) is 5.41 Å². The fraction of sp³-hybridized carbons (Fsp3) is 0.538. The first-order chi connectivity index (χ1) is 8.74. The van der Waals surface area contributed by atoms with E-state index < -0.39 is 12.0 Å². The summed E-state index contributed by atoms with van der Waals surface area (Å²) in [5.74, 6) is -0.570. The second-order valence-electron chi connectivity index (χ2n) is 5.34. The molecule has 0 spiro atoms. The number of carbonyl (C=O) groups is 2. The molecule has 1 amide bonds. The summed E-state index contributed by atoms with van der Waals surface area (Å²) in [6, 6.07) is 1.21. The Labute approximate surface area is 116 Å². The number of aliphatic carboxylic acids is 1. The molecule has 1 unspecified atom stereocenters. The van der Waals surface area contributed by atoms with Gasteiger partial charge in [-0.2, -0.15) is 0 Å². The highest BCUT2D eigenvalue weighted by Crippen LogP contribution is 2.24. The zero-order valence-electron chi connectivity index (χ0n) is 11.5. The van der Waals surface area contributed by atoms with Gasteiger partial charge >= 0.3 is 5.97 Å². The fourth-order valence-electron chi connectivity index (χ4n) is 1.52. The summed E-state index contributed by atoms with van der Waals surface area (Å²) in [5.41, 5.74) is -0.324. The third kappa shape index (κ3) is 4.55. The topological polar surface area (TPSA) is 75.6 Å². The lowest BCUT2D eigenvalue weighted by atomic mass is 9.84. The number of ether oxygens (including phenoxy) is 1. The van der Waals surface area contributed by atoms with E-state index in [2.05, 4.69) is 5.32 Å². The molecule has 0 fully saturated rings. The predicted molar refractivity (Wildman–Crippen MR) is 73.8 cm³/mol. The van der Waals surface area contributed by atoms with E-state index in [0.717, 1.165) is 0 Å². The molecule has 1 atom stereocenters. The summed E-state index contributed by atoms with van der Waals surface area (Å²) in [6.07, 6.45) is -0.0995. The average Bonchev–Trinajstić information content (AvgIpc) is 2.74. The molecule has 0 aromatic carbocycles. The Hall–Kier alpha value is -1.56. The van der Waals surface area contributed by atoms with Crippen LogP contribution < -0.4 is 10.1 Å². The number of hydrogen-bond donors (Lipinski definition) is 2. The molecule has 0 aliphatic heterocycles. The number of amides is 1. The van der Waals surface area contributed by atoms with E-state index in [4.69, 9.17) is 9.84 Å². The van der Waals surface area contributed by atoms with Gasteiger partial charge in [0.25, 0.3) is 5.91 Å². The number of carbonyl (C=O) groups excluding carboxylic acids is 1. The lowest BCUT2D eigenvalue weighted by Crippen LogP contribution is -2.44. The molecule has 0 aliphatic carbocycles. The van der Waals surface area contributed by atoms with E-state index in [1.165, 1.54) is 18.4 Å². The van der Waals surface area contributed by atoms with Crippen LogP contribution in [0.2, 0.25) is 0 Å². The maximum absolute atomic E-state index is 12.1. The molecule has 6 heteroatoms. The van der Waals surface area contributed by atoms with Gasteiger partial charge in [0.1, 0.15) is 5.75 Å². The molecule has 1 aromatic heterocycles. The van der Waals surface area contributed by atoms with Crippen molar-refractivity contribution in [2.75, 3.05) is 7.11 Å². The first-order valence-electron chi connectivity index (χ1n) is 5.89. The first-order valence-corrected chi connectivity index (χ1v) is 6.77. The van der Waals surface area contributed by atoms with Crippen LogP contribution in [0.1, 0.15) is 36.9 Å². The Morgan fingerprint density at radius 3 is 2.53 bits per heavy atom. The number of carboxylic acid groups (broad SMARTS) is 1. The van der Waals surface area contributed by atoms with Gasteiger partial charge in [0.15, 0.2) is 0 Å². The highest BCUT2D eigenvalue weighted by molar-refractivity contribution is 7.12. The van der Waals surface area contributed by atoms with Crippen molar-refractivity contribution >= 4 is 23.2 Å². The number of carboxylic acids is 1. The van der Waals surface area contributed by atoms with Crippen LogP contribution in [0.15, 0.2) is 11.4 Å². The Morgan fingerprint density at radius 1 is 1.47 bits per heavy atom. The van der Waals surface area contributed by atoms with Crippen LogP contribution in [0.25, 0.3) is 0 Å². The van der Waals surface area contributed by atoms with Gasteiger partial charge in [-0.05, 0) is 5.41 Å². The van der Waals surface area contributed by atoms with Crippen molar-refractivity contribution in [2.24, 2.45) is 5.41 Å². The molecule has 19 heavy (non-hydrogen) atoms. The Balaban J connectivity index is 2.78. The number of nitrogens with one attached hydrogen (secondary N) is 1. The Bertz CT molecular complexity index is 461. The molecular formula is C13H19NO4S. The van der Waals surface area contributed by atoms with E-state index in [9.17, 15) is 9.59 Å². The molecule has 0 aliphatic rings. The minimum absolute atomic E-state index is 0.0995. The van der Waals surface area contributed by atoms with Crippen molar-refractivity contribution in [3.8, 4) is 5.75 Å². The molecule has 2 N–H and O–H groups in total. The predicted octanol–water partition coefficient (Wildman–Crippen LogP) is 2.38. The highest BCUT2D eigenvalue weighted by Gasteiger charge is 2.29. The normalized spacial score (nSPS) is 12.8. The van der Waals surface area contributed by atoms with Gasteiger partial charge in [0, 0.05) is 17.5 Å². The number of hydrogen-bond acceptors (Lipinski definition) is 4. The second-order valence-corrected chi connectivity index (χ2v) is 6.25. The van der Waals surface area contributed by atoms with Gasteiger partial charge in [0.05, 0.1) is 18.4 Å². The summed E-state index contributed by atoms with van der Waals surface area (Å²) in [7, 11) is 1.53. The summed E-state index contributed by atoms with van der Waals surface area (Å²) >= 11 is 1.27. The van der Waals surface area contributed by atoms with Crippen LogP contribution in [-0.2, 0) is 4.79 Å². The first kappa shape index (κ1) is 15.5. The zero-order valence-corrected chi connectivity index (χ0v) is 12.3. The van der Waals surface area contributed by atoms with E-state index >= 15 is 0 Å². The lowest BCUT2D eigenvalue weighted by molar-refractivity contribution is -0.138. The molecule has 1 aromatic rings. The van der Waals surface area contributed by atoms with Gasteiger partial charge < -0.3 is 15.2 Å². The third-order valence-corrected chi connectivity index (χ3v) is 3.67. The van der Waals surface area contributed by atoms with Crippen LogP contribution in [0.5, 0.6) is 5.75 Å². The SMILES string of the molecule is COc1csc(C(=O)NC(CC(=O)O)C(C)(C)C)c1. The van der Waals surface area contributed by atoms with Gasteiger partial charge in [-0.3, -0.25) is 9.59 Å². The number of methoxy groups -OCH3 is 1. The fourth-order valence-corrected chi connectivity index (χ4v) is 2.28. The molecule has 5 nitrogen and oxygen atoms in total. The quantitative estimate of drug-likeness (QED) is 0.871. The summed E-state index contributed by atoms with van der Waals surface area (Å²) in [6.45, 7) is 5.70. The number of rotatable bonds is 5. The van der Waals surface area contributed by atoms with Crippen molar-refractivity contribution in [2.45, 2.75) is 33.2 Å². The molecule has 106 valence electrons. The van der Waals surface area contributed by atoms with Crippen LogP contribution >= 0.6 is 11.3 Å². The van der Waals surface area contributed by atoms with Gasteiger partial charge in [0.2, 0.25) is 0 Å². The third-order valence-electron chi connectivity index (χ3n) is 2.76. The largest absolute Gasteiger partial charge is 0.496 e. The van der Waals surface area contributed by atoms with E-state index in [-0.39, 0.29) is 17.7 Å². The van der Waals surface area contributed by atoms with E-state index in [1.54, 1.807) is 11.4 Å². The average molecular weight is 285 g/mol. The molecule has 1 heterocycles. The minimum atomic E-state index is -0.927. The smallest absolute Gasteiger partial charge is 0.305 e. The van der Waals surface area contributed by atoms with Crippen molar-refractivity contribution in [3.05, 3.63) is 16.3 Å². The summed E-state index contributed by atoms with van der Waals surface area (Å²) in [4.78, 5) is 23.4. The Morgan fingerprint density at radius 2 is 2.11 bits per heavy atom. The maximum atomic E-state index is 12.1. The van der Waals surface area contributed by atoms with Crippen molar-refractivity contribution in [1.29, 1.82) is 0 Å². The van der Waals surface area contributed by atoms with Crippen molar-refractivity contribution in [1.82, 2.24) is 5.32 Å². The minimum Gasteiger partial charge on any atom is -0.496 e. The van der Waals surface area contributed by atoms with E-state index in [1.807, 2.05) is 20.8 Å². The van der Waals surface area contributed by atoms with Crippen molar-refractivity contribution < 1.29 is 19.4 Å². The lowest BCUT2D eigenvalue weighted by Gasteiger charge is -2.30. The molecule has 1 rings (SSSR count). The summed E-state index contributed by atoms with van der Waals surface area (Å²) in [5, 5.41) is 13.4. The molecule has 0 saturated heterocycles. The second kappa shape index (κ2) is 6.06.